The zero-order chi connectivity index (χ0) is 22.3. The standard InChI is InChI=1S/C20H13F3N4O2.C2H6/c21-20(22,23)14-4-2-5-15(12-14)25-19-27-26-18(29-19)13-3-1-6-17(11-13)28-16-7-9-24-10-8-16;1-2/h1-12H,(H,25,27);1-2H3. The zero-order valence-corrected chi connectivity index (χ0v) is 16.7. The van der Waals surface area contributed by atoms with Gasteiger partial charge >= 0.3 is 12.2 Å². The van der Waals surface area contributed by atoms with Crippen LogP contribution in [0.25, 0.3) is 11.5 Å². The van der Waals surface area contributed by atoms with Crippen molar-refractivity contribution in [3.05, 3.63) is 78.6 Å². The average Bonchev–Trinajstić information content (AvgIpc) is 3.24. The molecule has 160 valence electrons. The van der Waals surface area contributed by atoms with E-state index in [0.29, 0.717) is 17.1 Å². The van der Waals surface area contributed by atoms with Crippen LogP contribution in [0.3, 0.4) is 0 Å². The fourth-order valence-electron chi connectivity index (χ4n) is 2.52. The minimum absolute atomic E-state index is 0.0280. The maximum atomic E-state index is 12.8. The number of hydrogen-bond donors (Lipinski definition) is 1. The van der Waals surface area contributed by atoms with Gasteiger partial charge in [-0.1, -0.05) is 31.1 Å². The van der Waals surface area contributed by atoms with Crippen molar-refractivity contribution in [2.75, 3.05) is 5.32 Å². The summed E-state index contributed by atoms with van der Waals surface area (Å²) < 4.78 is 49.8. The third-order valence-corrected chi connectivity index (χ3v) is 3.83. The van der Waals surface area contributed by atoms with Gasteiger partial charge in [0.05, 0.1) is 5.56 Å². The van der Waals surface area contributed by atoms with Crippen LogP contribution in [0.1, 0.15) is 19.4 Å². The molecule has 9 heteroatoms. The molecule has 0 amide bonds. The Hall–Kier alpha value is -3.88. The number of aromatic nitrogens is 3. The molecule has 0 radical (unpaired) electrons. The molecular weight excluding hydrogens is 409 g/mol. The fourth-order valence-corrected chi connectivity index (χ4v) is 2.52. The summed E-state index contributed by atoms with van der Waals surface area (Å²) in [5.41, 5.74) is 0.00847. The van der Waals surface area contributed by atoms with Crippen LogP contribution in [0.2, 0.25) is 0 Å². The van der Waals surface area contributed by atoms with Crippen LogP contribution in [0, 0.1) is 0 Å². The van der Waals surface area contributed by atoms with Gasteiger partial charge in [-0.15, -0.1) is 5.10 Å². The van der Waals surface area contributed by atoms with Gasteiger partial charge in [-0.05, 0) is 48.5 Å². The lowest BCUT2D eigenvalue weighted by Crippen LogP contribution is -2.05. The molecule has 0 aliphatic rings. The van der Waals surface area contributed by atoms with Crippen molar-refractivity contribution >= 4 is 11.7 Å². The van der Waals surface area contributed by atoms with E-state index in [4.69, 9.17) is 9.15 Å². The van der Waals surface area contributed by atoms with E-state index in [2.05, 4.69) is 20.5 Å². The van der Waals surface area contributed by atoms with Crippen LogP contribution in [0.5, 0.6) is 11.5 Å². The minimum atomic E-state index is -4.44. The van der Waals surface area contributed by atoms with Crippen LogP contribution in [-0.2, 0) is 6.18 Å². The van der Waals surface area contributed by atoms with E-state index >= 15 is 0 Å². The number of pyridine rings is 1. The van der Waals surface area contributed by atoms with Crippen molar-refractivity contribution < 1.29 is 22.3 Å². The molecule has 2 aromatic heterocycles. The highest BCUT2D eigenvalue weighted by atomic mass is 19.4. The SMILES string of the molecule is CC.FC(F)(F)c1cccc(Nc2nnc(-c3cccc(Oc4ccncc4)c3)o2)c1. The second kappa shape index (κ2) is 9.75. The molecule has 0 saturated carbocycles. The average molecular weight is 428 g/mol. The van der Waals surface area contributed by atoms with Gasteiger partial charge in [0.1, 0.15) is 11.5 Å². The molecule has 0 aliphatic carbocycles. The molecule has 0 fully saturated rings. The monoisotopic (exact) mass is 428 g/mol. The number of rotatable bonds is 5. The molecule has 0 saturated heterocycles. The van der Waals surface area contributed by atoms with E-state index in [1.54, 1.807) is 48.8 Å². The number of hydrogen-bond acceptors (Lipinski definition) is 6. The van der Waals surface area contributed by atoms with Crippen molar-refractivity contribution in [1.29, 1.82) is 0 Å². The van der Waals surface area contributed by atoms with Gasteiger partial charge in [0.15, 0.2) is 0 Å². The molecule has 2 aromatic carbocycles. The Morgan fingerprint density at radius 3 is 2.35 bits per heavy atom. The number of alkyl halides is 3. The Morgan fingerprint density at radius 2 is 1.61 bits per heavy atom. The first-order valence-corrected chi connectivity index (χ1v) is 9.43. The van der Waals surface area contributed by atoms with E-state index in [1.165, 1.54) is 12.1 Å². The third-order valence-electron chi connectivity index (χ3n) is 3.83. The van der Waals surface area contributed by atoms with Crippen molar-refractivity contribution in [2.45, 2.75) is 20.0 Å². The molecule has 4 rings (SSSR count). The Labute approximate surface area is 176 Å². The van der Waals surface area contributed by atoms with E-state index in [0.717, 1.165) is 12.1 Å². The second-order valence-corrected chi connectivity index (χ2v) is 5.93. The number of benzene rings is 2. The quantitative estimate of drug-likeness (QED) is 0.381. The van der Waals surface area contributed by atoms with Gasteiger partial charge < -0.3 is 14.5 Å². The molecule has 0 atom stereocenters. The summed E-state index contributed by atoms with van der Waals surface area (Å²) >= 11 is 0. The summed E-state index contributed by atoms with van der Waals surface area (Å²) in [7, 11) is 0. The van der Waals surface area contributed by atoms with Gasteiger partial charge in [-0.2, -0.15) is 13.2 Å². The first-order valence-electron chi connectivity index (χ1n) is 9.43. The Kier molecular flexibility index (Phi) is 6.86. The molecule has 0 bridgehead atoms. The van der Waals surface area contributed by atoms with Crippen LogP contribution in [0.4, 0.5) is 24.9 Å². The zero-order valence-electron chi connectivity index (χ0n) is 16.7. The first-order chi connectivity index (χ1) is 15.0. The lowest BCUT2D eigenvalue weighted by molar-refractivity contribution is -0.137. The normalized spacial score (nSPS) is 10.7. The van der Waals surface area contributed by atoms with Crippen LogP contribution < -0.4 is 10.1 Å². The van der Waals surface area contributed by atoms with Crippen molar-refractivity contribution in [3.63, 3.8) is 0 Å². The molecule has 2 heterocycles. The topological polar surface area (TPSA) is 73.1 Å². The number of anilines is 2. The van der Waals surface area contributed by atoms with Gasteiger partial charge in [0.2, 0.25) is 5.89 Å². The second-order valence-electron chi connectivity index (χ2n) is 5.93. The number of ether oxygens (including phenoxy) is 1. The highest BCUT2D eigenvalue weighted by Crippen LogP contribution is 2.32. The molecule has 0 aliphatic heterocycles. The summed E-state index contributed by atoms with van der Waals surface area (Å²) in [5.74, 6) is 1.37. The predicted octanol–water partition coefficient (Wildman–Crippen LogP) is 6.71. The molecular formula is C22H19F3N4O2. The minimum Gasteiger partial charge on any atom is -0.457 e. The van der Waals surface area contributed by atoms with Crippen molar-refractivity contribution in [3.8, 4) is 23.0 Å². The maximum absolute atomic E-state index is 12.8. The Balaban J connectivity index is 0.00000132. The number of nitrogens with zero attached hydrogens (tertiary/aromatic N) is 3. The van der Waals surface area contributed by atoms with Crippen LogP contribution >= 0.6 is 0 Å². The third kappa shape index (κ3) is 5.81. The fraction of sp³-hybridized carbons (Fsp3) is 0.136. The Bertz CT molecular complexity index is 1110. The van der Waals surface area contributed by atoms with Gasteiger partial charge in [0, 0.05) is 23.6 Å². The van der Waals surface area contributed by atoms with E-state index in [9.17, 15) is 13.2 Å². The summed E-state index contributed by atoms with van der Waals surface area (Å²) in [6, 6.07) is 15.1. The molecule has 4 aromatic rings. The lowest BCUT2D eigenvalue weighted by atomic mass is 10.2. The van der Waals surface area contributed by atoms with E-state index < -0.39 is 11.7 Å². The largest absolute Gasteiger partial charge is 0.457 e. The first kappa shape index (κ1) is 21.8. The predicted molar refractivity (Wildman–Crippen MR) is 110 cm³/mol. The van der Waals surface area contributed by atoms with Gasteiger partial charge in [0.25, 0.3) is 0 Å². The van der Waals surface area contributed by atoms with E-state index in [-0.39, 0.29) is 17.6 Å². The maximum Gasteiger partial charge on any atom is 0.416 e. The van der Waals surface area contributed by atoms with Gasteiger partial charge in [-0.3, -0.25) is 4.98 Å². The Morgan fingerprint density at radius 1 is 0.871 bits per heavy atom. The molecule has 31 heavy (non-hydrogen) atoms. The molecule has 0 spiro atoms. The lowest BCUT2D eigenvalue weighted by Gasteiger charge is -2.08. The van der Waals surface area contributed by atoms with E-state index in [1.807, 2.05) is 13.8 Å². The summed E-state index contributed by atoms with van der Waals surface area (Å²) in [4.78, 5) is 3.93. The number of halogens is 3. The summed E-state index contributed by atoms with van der Waals surface area (Å²) in [6.07, 6.45) is -1.21. The smallest absolute Gasteiger partial charge is 0.416 e. The van der Waals surface area contributed by atoms with Gasteiger partial charge in [-0.25, -0.2) is 0 Å². The van der Waals surface area contributed by atoms with Crippen LogP contribution in [0.15, 0.2) is 77.5 Å². The number of nitrogens with one attached hydrogen (secondary N) is 1. The molecule has 1 N–H and O–H groups in total. The van der Waals surface area contributed by atoms with Crippen LogP contribution in [-0.4, -0.2) is 15.2 Å². The summed E-state index contributed by atoms with van der Waals surface area (Å²) in [6.45, 7) is 4.00. The van der Waals surface area contributed by atoms with Crippen molar-refractivity contribution in [2.24, 2.45) is 0 Å². The summed E-state index contributed by atoms with van der Waals surface area (Å²) in [5, 5.41) is 10.5. The van der Waals surface area contributed by atoms with Crippen molar-refractivity contribution in [1.82, 2.24) is 15.2 Å². The molecule has 6 nitrogen and oxygen atoms in total. The molecule has 0 unspecified atom stereocenters. The highest BCUT2D eigenvalue weighted by molar-refractivity contribution is 5.59. The highest BCUT2D eigenvalue weighted by Gasteiger charge is 2.30.